The fraction of sp³-hybridized carbons (Fsp3) is 0.400. The number of phenols is 1. The number of aliphatic hydroxyl groups excluding tert-OH is 1. The maximum Gasteiger partial charge on any atom is 0.162 e. The first-order valence-electron chi connectivity index (χ1n) is 4.51. The van der Waals surface area contributed by atoms with Gasteiger partial charge in [-0.3, -0.25) is 0 Å². The normalized spacial score (nSPS) is 12.5. The Morgan fingerprint density at radius 3 is 2.79 bits per heavy atom. The summed E-state index contributed by atoms with van der Waals surface area (Å²) in [5, 5.41) is 18.6. The first-order valence-corrected chi connectivity index (χ1v) is 4.51. The molecule has 0 aromatic heterocycles. The van der Waals surface area contributed by atoms with E-state index in [1.54, 1.807) is 18.2 Å². The second kappa shape index (κ2) is 4.83. The van der Waals surface area contributed by atoms with Crippen molar-refractivity contribution in [2.24, 2.45) is 5.73 Å². The summed E-state index contributed by atoms with van der Waals surface area (Å²) in [6.45, 7) is 2.10. The van der Waals surface area contributed by atoms with Crippen LogP contribution < -0.4 is 10.5 Å². The van der Waals surface area contributed by atoms with Crippen molar-refractivity contribution < 1.29 is 14.9 Å². The van der Waals surface area contributed by atoms with Crippen LogP contribution in [0.25, 0.3) is 0 Å². The summed E-state index contributed by atoms with van der Waals surface area (Å²) in [5.74, 6) is 0.407. The van der Waals surface area contributed by atoms with E-state index < -0.39 is 6.04 Å². The van der Waals surface area contributed by atoms with Gasteiger partial charge in [0.15, 0.2) is 11.5 Å². The third-order valence-corrected chi connectivity index (χ3v) is 1.93. The summed E-state index contributed by atoms with van der Waals surface area (Å²) < 4.78 is 5.18. The number of ether oxygens (including phenoxy) is 1. The molecule has 4 nitrogen and oxygen atoms in total. The van der Waals surface area contributed by atoms with Crippen LogP contribution in [0, 0.1) is 0 Å². The Hall–Kier alpha value is -1.26. The van der Waals surface area contributed by atoms with E-state index in [2.05, 4.69) is 0 Å². The lowest BCUT2D eigenvalue weighted by Crippen LogP contribution is -2.14. The molecule has 1 aromatic rings. The number of hydrogen-bond donors (Lipinski definition) is 3. The SMILES string of the molecule is CCOc1cccc(C(N)CO)c1O. The second-order valence-electron chi connectivity index (χ2n) is 2.92. The van der Waals surface area contributed by atoms with E-state index in [0.717, 1.165) is 0 Å². The van der Waals surface area contributed by atoms with Gasteiger partial charge in [-0.2, -0.15) is 0 Å². The van der Waals surface area contributed by atoms with Gasteiger partial charge < -0.3 is 20.7 Å². The van der Waals surface area contributed by atoms with Crippen molar-refractivity contribution in [1.82, 2.24) is 0 Å². The molecule has 0 saturated carbocycles. The number of rotatable bonds is 4. The third kappa shape index (κ3) is 2.16. The van der Waals surface area contributed by atoms with E-state index in [1.807, 2.05) is 6.92 Å². The monoisotopic (exact) mass is 197 g/mol. The fourth-order valence-corrected chi connectivity index (χ4v) is 1.21. The third-order valence-electron chi connectivity index (χ3n) is 1.93. The minimum atomic E-state index is -0.574. The summed E-state index contributed by atoms with van der Waals surface area (Å²) in [4.78, 5) is 0. The summed E-state index contributed by atoms with van der Waals surface area (Å²) in [6, 6.07) is 4.48. The molecule has 0 fully saturated rings. The molecule has 14 heavy (non-hydrogen) atoms. The molecule has 1 atom stereocenters. The van der Waals surface area contributed by atoms with Crippen molar-refractivity contribution in [3.05, 3.63) is 23.8 Å². The Labute approximate surface area is 82.9 Å². The highest BCUT2D eigenvalue weighted by Crippen LogP contribution is 2.32. The van der Waals surface area contributed by atoms with Gasteiger partial charge in [0.2, 0.25) is 0 Å². The van der Waals surface area contributed by atoms with E-state index in [9.17, 15) is 5.11 Å². The smallest absolute Gasteiger partial charge is 0.162 e. The van der Waals surface area contributed by atoms with Gasteiger partial charge in [-0.25, -0.2) is 0 Å². The van der Waals surface area contributed by atoms with Crippen LogP contribution in [-0.2, 0) is 0 Å². The highest BCUT2D eigenvalue weighted by Gasteiger charge is 2.13. The van der Waals surface area contributed by atoms with Crippen molar-refractivity contribution in [2.45, 2.75) is 13.0 Å². The molecule has 4 N–H and O–H groups in total. The quantitative estimate of drug-likeness (QED) is 0.666. The van der Waals surface area contributed by atoms with Gasteiger partial charge in [0.1, 0.15) is 0 Å². The largest absolute Gasteiger partial charge is 0.504 e. The van der Waals surface area contributed by atoms with Crippen LogP contribution in [0.5, 0.6) is 11.5 Å². The average Bonchev–Trinajstić information content (AvgIpc) is 2.20. The number of aliphatic hydroxyl groups is 1. The summed E-state index contributed by atoms with van der Waals surface area (Å²) >= 11 is 0. The molecule has 4 heteroatoms. The van der Waals surface area contributed by atoms with Crippen molar-refractivity contribution in [2.75, 3.05) is 13.2 Å². The van der Waals surface area contributed by atoms with E-state index in [-0.39, 0.29) is 12.4 Å². The standard InChI is InChI=1S/C10H15NO3/c1-2-14-9-5-3-4-7(10(9)13)8(11)6-12/h3-5,8,12-13H,2,6,11H2,1H3. The molecular formula is C10H15NO3. The predicted molar refractivity (Wildman–Crippen MR) is 53.3 cm³/mol. The number of aromatic hydroxyl groups is 1. The summed E-state index contributed by atoms with van der Waals surface area (Å²) in [5.41, 5.74) is 6.09. The summed E-state index contributed by atoms with van der Waals surface area (Å²) in [6.07, 6.45) is 0. The zero-order valence-electron chi connectivity index (χ0n) is 8.10. The van der Waals surface area contributed by atoms with Crippen LogP contribution in [0.15, 0.2) is 18.2 Å². The molecule has 0 radical (unpaired) electrons. The molecule has 0 amide bonds. The molecule has 0 aliphatic carbocycles. The first-order chi connectivity index (χ1) is 6.70. The highest BCUT2D eigenvalue weighted by atomic mass is 16.5. The number of para-hydroxylation sites is 1. The van der Waals surface area contributed by atoms with Gasteiger partial charge in [-0.15, -0.1) is 0 Å². The molecule has 0 spiro atoms. The lowest BCUT2D eigenvalue weighted by Gasteiger charge is -2.13. The maximum atomic E-state index is 9.71. The molecule has 1 aromatic carbocycles. The van der Waals surface area contributed by atoms with Crippen LogP contribution >= 0.6 is 0 Å². The Balaban J connectivity index is 3.00. The van der Waals surface area contributed by atoms with Crippen molar-refractivity contribution in [1.29, 1.82) is 0 Å². The number of nitrogens with two attached hydrogens (primary N) is 1. The predicted octanol–water partition coefficient (Wildman–Crippen LogP) is 0.783. The number of phenolic OH excluding ortho intramolecular Hbond substituents is 1. The minimum absolute atomic E-state index is 0.0101. The topological polar surface area (TPSA) is 75.7 Å². The van der Waals surface area contributed by atoms with Crippen LogP contribution in [0.4, 0.5) is 0 Å². The second-order valence-corrected chi connectivity index (χ2v) is 2.92. The van der Waals surface area contributed by atoms with Crippen LogP contribution in [0.1, 0.15) is 18.5 Å². The van der Waals surface area contributed by atoms with Gasteiger partial charge in [0.25, 0.3) is 0 Å². The molecule has 1 unspecified atom stereocenters. The van der Waals surface area contributed by atoms with Crippen molar-refractivity contribution in [3.63, 3.8) is 0 Å². The lowest BCUT2D eigenvalue weighted by molar-refractivity contribution is 0.262. The molecule has 0 aliphatic rings. The fourth-order valence-electron chi connectivity index (χ4n) is 1.21. The molecule has 0 heterocycles. The van der Waals surface area contributed by atoms with Gasteiger partial charge in [0, 0.05) is 5.56 Å². The molecule has 0 aliphatic heterocycles. The molecule has 1 rings (SSSR count). The minimum Gasteiger partial charge on any atom is -0.504 e. The van der Waals surface area contributed by atoms with E-state index in [0.29, 0.717) is 17.9 Å². The molecule has 0 saturated heterocycles. The number of benzene rings is 1. The molecule has 0 bridgehead atoms. The Morgan fingerprint density at radius 2 is 2.21 bits per heavy atom. The van der Waals surface area contributed by atoms with Gasteiger partial charge >= 0.3 is 0 Å². The highest BCUT2D eigenvalue weighted by molar-refractivity contribution is 5.46. The Morgan fingerprint density at radius 1 is 1.50 bits per heavy atom. The van der Waals surface area contributed by atoms with Crippen LogP contribution in [0.3, 0.4) is 0 Å². The lowest BCUT2D eigenvalue weighted by atomic mass is 10.1. The molecular weight excluding hydrogens is 182 g/mol. The van der Waals surface area contributed by atoms with Gasteiger partial charge in [-0.05, 0) is 13.0 Å². The van der Waals surface area contributed by atoms with E-state index in [1.165, 1.54) is 0 Å². The van der Waals surface area contributed by atoms with Crippen molar-refractivity contribution >= 4 is 0 Å². The first kappa shape index (κ1) is 10.8. The Kier molecular flexibility index (Phi) is 3.73. The number of hydrogen-bond acceptors (Lipinski definition) is 4. The van der Waals surface area contributed by atoms with Crippen LogP contribution in [0.2, 0.25) is 0 Å². The van der Waals surface area contributed by atoms with Gasteiger partial charge in [-0.1, -0.05) is 12.1 Å². The van der Waals surface area contributed by atoms with Crippen molar-refractivity contribution in [3.8, 4) is 11.5 Å². The van der Waals surface area contributed by atoms with E-state index >= 15 is 0 Å². The summed E-state index contributed by atoms with van der Waals surface area (Å²) in [7, 11) is 0. The zero-order chi connectivity index (χ0) is 10.6. The van der Waals surface area contributed by atoms with Crippen LogP contribution in [-0.4, -0.2) is 23.4 Å². The zero-order valence-corrected chi connectivity index (χ0v) is 8.10. The van der Waals surface area contributed by atoms with E-state index in [4.69, 9.17) is 15.6 Å². The Bertz CT molecular complexity index is 301. The maximum absolute atomic E-state index is 9.71. The average molecular weight is 197 g/mol. The van der Waals surface area contributed by atoms with Gasteiger partial charge in [0.05, 0.1) is 19.3 Å². The molecule has 78 valence electrons.